The highest BCUT2D eigenvalue weighted by Gasteiger charge is 2.31. The van der Waals surface area contributed by atoms with Crippen LogP contribution in [0.5, 0.6) is 0 Å². The molecule has 0 saturated carbocycles. The van der Waals surface area contributed by atoms with Gasteiger partial charge in [0.2, 0.25) is 11.8 Å². The van der Waals surface area contributed by atoms with E-state index in [9.17, 15) is 24.1 Å². The van der Waals surface area contributed by atoms with E-state index in [4.69, 9.17) is 0 Å². The van der Waals surface area contributed by atoms with Crippen molar-refractivity contribution in [3.8, 4) is 0 Å². The van der Waals surface area contributed by atoms with Crippen LogP contribution in [0.2, 0.25) is 0 Å². The largest absolute Gasteiger partial charge is 0.350 e. The molecule has 0 fully saturated rings. The average Bonchev–Trinajstić information content (AvgIpc) is 2.68. The van der Waals surface area contributed by atoms with E-state index in [1.807, 2.05) is 20.8 Å². The Bertz CT molecular complexity index is 939. The van der Waals surface area contributed by atoms with Gasteiger partial charge in [-0.25, -0.2) is 4.39 Å². The van der Waals surface area contributed by atoms with E-state index < -0.39 is 28.2 Å². The van der Waals surface area contributed by atoms with Gasteiger partial charge in [-0.1, -0.05) is 37.3 Å². The van der Waals surface area contributed by atoms with Gasteiger partial charge in [-0.3, -0.25) is 19.7 Å². The molecule has 0 aliphatic carbocycles. The number of benzene rings is 2. The van der Waals surface area contributed by atoms with E-state index in [0.717, 1.165) is 0 Å². The molecule has 31 heavy (non-hydrogen) atoms. The monoisotopic (exact) mass is 429 g/mol. The van der Waals surface area contributed by atoms with Gasteiger partial charge in [0.05, 0.1) is 11.3 Å². The second-order valence-corrected chi connectivity index (χ2v) is 8.37. The minimum Gasteiger partial charge on any atom is -0.350 e. The van der Waals surface area contributed by atoms with Gasteiger partial charge in [-0.2, -0.15) is 0 Å². The Balaban J connectivity index is 2.38. The Labute approximate surface area is 181 Å². The molecule has 1 N–H and O–H groups in total. The van der Waals surface area contributed by atoms with Crippen LogP contribution < -0.4 is 5.32 Å². The smallest absolute Gasteiger partial charge is 0.273 e. The van der Waals surface area contributed by atoms with Gasteiger partial charge < -0.3 is 10.2 Å². The number of nitro groups is 1. The highest BCUT2D eigenvalue weighted by Crippen LogP contribution is 2.21. The first-order chi connectivity index (χ1) is 14.5. The molecule has 8 heteroatoms. The molecule has 0 saturated heterocycles. The minimum atomic E-state index is -0.778. The first-order valence-electron chi connectivity index (χ1n) is 10.1. The first-order valence-corrected chi connectivity index (χ1v) is 10.1. The summed E-state index contributed by atoms with van der Waals surface area (Å²) in [5.41, 5.74) is 0.282. The summed E-state index contributed by atoms with van der Waals surface area (Å²) in [5, 5.41) is 14.2. The fraction of sp³-hybridized carbons (Fsp3) is 0.391. The Morgan fingerprint density at radius 3 is 2.29 bits per heavy atom. The molecule has 0 radical (unpaired) electrons. The minimum absolute atomic E-state index is 0.0792. The molecule has 2 aromatic carbocycles. The highest BCUT2D eigenvalue weighted by atomic mass is 19.1. The molecule has 0 aliphatic heterocycles. The van der Waals surface area contributed by atoms with Crippen molar-refractivity contribution >= 4 is 17.5 Å². The number of nitrogens with zero attached hydrogens (tertiary/aromatic N) is 2. The summed E-state index contributed by atoms with van der Waals surface area (Å²) >= 11 is 0. The molecule has 7 nitrogen and oxygen atoms in total. The SMILES string of the molecule is CC[C@@H](C(=O)NC(C)(C)C)N(Cc1ccc(F)cc1)C(=O)Cc1ccccc1[N+](=O)[O-]. The molecule has 0 bridgehead atoms. The number of hydrogen-bond acceptors (Lipinski definition) is 4. The fourth-order valence-corrected chi connectivity index (χ4v) is 3.26. The maximum absolute atomic E-state index is 13.3. The molecule has 2 rings (SSSR count). The molecule has 0 heterocycles. The predicted octanol–water partition coefficient (Wildman–Crippen LogP) is 4.00. The summed E-state index contributed by atoms with van der Waals surface area (Å²) in [6.07, 6.45) is 0.128. The van der Waals surface area contributed by atoms with Crippen molar-refractivity contribution in [1.82, 2.24) is 10.2 Å². The number of para-hydroxylation sites is 1. The Morgan fingerprint density at radius 1 is 1.13 bits per heavy atom. The van der Waals surface area contributed by atoms with Crippen LogP contribution in [-0.2, 0) is 22.6 Å². The van der Waals surface area contributed by atoms with Crippen molar-refractivity contribution in [1.29, 1.82) is 0 Å². The quantitative estimate of drug-likeness (QED) is 0.507. The van der Waals surface area contributed by atoms with Gasteiger partial charge in [0.15, 0.2) is 0 Å². The average molecular weight is 429 g/mol. The molecule has 0 spiro atoms. The summed E-state index contributed by atoms with van der Waals surface area (Å²) in [6, 6.07) is 10.9. The summed E-state index contributed by atoms with van der Waals surface area (Å²) < 4.78 is 13.3. The van der Waals surface area contributed by atoms with Crippen LogP contribution in [-0.4, -0.2) is 33.2 Å². The highest BCUT2D eigenvalue weighted by molar-refractivity contribution is 5.89. The lowest BCUT2D eigenvalue weighted by Crippen LogP contribution is -2.53. The third-order valence-electron chi connectivity index (χ3n) is 4.68. The molecule has 0 unspecified atom stereocenters. The van der Waals surface area contributed by atoms with Crippen molar-refractivity contribution in [2.45, 2.75) is 58.7 Å². The number of amides is 2. The Hall–Kier alpha value is -3.29. The standard InChI is InChI=1S/C23H28FN3O4/c1-5-19(22(29)25-23(2,3)4)26(15-16-10-12-18(24)13-11-16)21(28)14-17-8-6-7-9-20(17)27(30)31/h6-13,19H,5,14-15H2,1-4H3,(H,25,29)/t19-/m0/s1. The van der Waals surface area contributed by atoms with Gasteiger partial charge in [-0.05, 0) is 44.9 Å². The first kappa shape index (κ1) is 24.0. The van der Waals surface area contributed by atoms with E-state index in [1.54, 1.807) is 25.1 Å². The number of nitrogens with one attached hydrogen (secondary N) is 1. The van der Waals surface area contributed by atoms with Crippen LogP contribution in [0.3, 0.4) is 0 Å². The molecule has 0 aromatic heterocycles. The maximum Gasteiger partial charge on any atom is 0.273 e. The fourth-order valence-electron chi connectivity index (χ4n) is 3.26. The van der Waals surface area contributed by atoms with Gasteiger partial charge in [0.1, 0.15) is 11.9 Å². The van der Waals surface area contributed by atoms with Crippen LogP contribution >= 0.6 is 0 Å². The van der Waals surface area contributed by atoms with E-state index in [2.05, 4.69) is 5.32 Å². The normalized spacial score (nSPS) is 12.2. The van der Waals surface area contributed by atoms with Gasteiger partial charge in [-0.15, -0.1) is 0 Å². The lowest BCUT2D eigenvalue weighted by Gasteiger charge is -2.33. The number of nitro benzene ring substituents is 1. The van der Waals surface area contributed by atoms with Gasteiger partial charge in [0.25, 0.3) is 5.69 Å². The van der Waals surface area contributed by atoms with Crippen LogP contribution in [0.1, 0.15) is 45.2 Å². The van der Waals surface area contributed by atoms with Crippen LogP contribution in [0.25, 0.3) is 0 Å². The summed E-state index contributed by atoms with van der Waals surface area (Å²) in [4.78, 5) is 38.4. The molecule has 0 aliphatic rings. The topological polar surface area (TPSA) is 92.6 Å². The summed E-state index contributed by atoms with van der Waals surface area (Å²) in [7, 11) is 0. The second kappa shape index (κ2) is 10.1. The van der Waals surface area contributed by atoms with Crippen LogP contribution in [0, 0.1) is 15.9 Å². The lowest BCUT2D eigenvalue weighted by molar-refractivity contribution is -0.385. The molecule has 2 amide bonds. The zero-order valence-corrected chi connectivity index (χ0v) is 18.2. The zero-order chi connectivity index (χ0) is 23.2. The van der Waals surface area contributed by atoms with Gasteiger partial charge in [0, 0.05) is 23.7 Å². The molecular formula is C23H28FN3O4. The van der Waals surface area contributed by atoms with Crippen molar-refractivity contribution in [2.24, 2.45) is 0 Å². The molecule has 166 valence electrons. The van der Waals surface area contributed by atoms with Crippen LogP contribution in [0.4, 0.5) is 10.1 Å². The van der Waals surface area contributed by atoms with E-state index in [0.29, 0.717) is 12.0 Å². The third kappa shape index (κ3) is 6.87. The zero-order valence-electron chi connectivity index (χ0n) is 18.2. The van der Waals surface area contributed by atoms with E-state index in [-0.39, 0.29) is 30.1 Å². The number of halogens is 1. The number of rotatable bonds is 8. The van der Waals surface area contributed by atoms with E-state index in [1.165, 1.54) is 35.2 Å². The Kier molecular flexibility index (Phi) is 7.85. The van der Waals surface area contributed by atoms with Crippen molar-refractivity contribution < 1.29 is 18.9 Å². The predicted molar refractivity (Wildman–Crippen MR) is 116 cm³/mol. The molecule has 1 atom stereocenters. The van der Waals surface area contributed by atoms with Crippen LogP contribution in [0.15, 0.2) is 48.5 Å². The second-order valence-electron chi connectivity index (χ2n) is 8.37. The third-order valence-corrected chi connectivity index (χ3v) is 4.68. The maximum atomic E-state index is 13.3. The van der Waals surface area contributed by atoms with Gasteiger partial charge >= 0.3 is 0 Å². The summed E-state index contributed by atoms with van der Waals surface area (Å²) in [6.45, 7) is 7.41. The van der Waals surface area contributed by atoms with Crippen molar-refractivity contribution in [2.75, 3.05) is 0 Å². The number of carbonyl (C=O) groups is 2. The molecule has 2 aromatic rings. The Morgan fingerprint density at radius 2 is 1.74 bits per heavy atom. The number of carbonyl (C=O) groups excluding carboxylic acids is 2. The molecular weight excluding hydrogens is 401 g/mol. The van der Waals surface area contributed by atoms with E-state index >= 15 is 0 Å². The lowest BCUT2D eigenvalue weighted by atomic mass is 10.0. The summed E-state index contributed by atoms with van der Waals surface area (Å²) in [5.74, 6) is -1.14. The van der Waals surface area contributed by atoms with Crippen molar-refractivity contribution in [3.63, 3.8) is 0 Å². The number of hydrogen-bond donors (Lipinski definition) is 1. The van der Waals surface area contributed by atoms with Crippen molar-refractivity contribution in [3.05, 3.63) is 75.6 Å².